The summed E-state index contributed by atoms with van der Waals surface area (Å²) in [5, 5.41) is 36.7. The monoisotopic (exact) mass is 645 g/mol. The zero-order chi connectivity index (χ0) is 35.1. The van der Waals surface area contributed by atoms with Crippen LogP contribution in [0.1, 0.15) is 78.8 Å². The first kappa shape index (κ1) is 33.8. The van der Waals surface area contributed by atoms with Gasteiger partial charge in [-0.1, -0.05) is 56.2 Å². The number of nitrogens with one attached hydrogen (secondary N) is 3. The standard InChI is InChI=1S/C36H27N3O9/c1-4-19-9-13-25(34(43)44)26(15-19)33(42)37-22-10-14-29(38-31(40)23-11-7-20(5-2)16-27(23)35(45)46)30(18-22)39-32(41)24-12-8-21(6-3)17-28(24)36(47)48/h4-18H,1-3H2,(H,37,42)(H,38,40)(H,39,41)(H,43,44)(H,45,46)(H,47,48). The molecule has 0 saturated heterocycles. The summed E-state index contributed by atoms with van der Waals surface area (Å²) in [7, 11) is 0. The Morgan fingerprint density at radius 1 is 0.438 bits per heavy atom. The Labute approximate surface area is 273 Å². The van der Waals surface area contributed by atoms with E-state index in [-0.39, 0.29) is 50.4 Å². The summed E-state index contributed by atoms with van der Waals surface area (Å²) in [6.07, 6.45) is 4.25. The van der Waals surface area contributed by atoms with E-state index in [2.05, 4.69) is 35.7 Å². The van der Waals surface area contributed by atoms with E-state index in [0.29, 0.717) is 16.7 Å². The number of carboxylic acids is 3. The quantitative estimate of drug-likeness (QED) is 0.0999. The van der Waals surface area contributed by atoms with Gasteiger partial charge in [0.25, 0.3) is 17.7 Å². The molecule has 0 aliphatic rings. The highest BCUT2D eigenvalue weighted by Crippen LogP contribution is 2.29. The van der Waals surface area contributed by atoms with E-state index in [0.717, 1.165) is 0 Å². The first-order valence-electron chi connectivity index (χ1n) is 13.9. The summed E-state index contributed by atoms with van der Waals surface area (Å²) in [6.45, 7) is 10.8. The summed E-state index contributed by atoms with van der Waals surface area (Å²) in [5.41, 5.74) is -0.289. The van der Waals surface area contributed by atoms with Crippen molar-refractivity contribution in [1.82, 2.24) is 0 Å². The highest BCUT2D eigenvalue weighted by atomic mass is 16.4. The van der Waals surface area contributed by atoms with E-state index in [4.69, 9.17) is 0 Å². The third-order valence-electron chi connectivity index (χ3n) is 7.04. The van der Waals surface area contributed by atoms with Gasteiger partial charge in [0, 0.05) is 5.69 Å². The minimum absolute atomic E-state index is 0.0463. The van der Waals surface area contributed by atoms with Crippen molar-refractivity contribution in [1.29, 1.82) is 0 Å². The number of amides is 3. The van der Waals surface area contributed by atoms with E-state index in [9.17, 15) is 44.1 Å². The molecule has 4 rings (SSSR count). The van der Waals surface area contributed by atoms with Crippen molar-refractivity contribution in [2.45, 2.75) is 0 Å². The van der Waals surface area contributed by atoms with E-state index in [1.807, 2.05) is 0 Å². The highest BCUT2D eigenvalue weighted by Gasteiger charge is 2.22. The largest absolute Gasteiger partial charge is 0.478 e. The Bertz CT molecular complexity index is 2060. The van der Waals surface area contributed by atoms with Crippen molar-refractivity contribution in [2.75, 3.05) is 16.0 Å². The van der Waals surface area contributed by atoms with Gasteiger partial charge in [-0.25, -0.2) is 14.4 Å². The second kappa shape index (κ2) is 14.3. The van der Waals surface area contributed by atoms with Gasteiger partial charge in [-0.05, 0) is 71.3 Å². The Kier molecular flexibility index (Phi) is 10.1. The van der Waals surface area contributed by atoms with Gasteiger partial charge in [-0.15, -0.1) is 0 Å². The maximum absolute atomic E-state index is 13.4. The van der Waals surface area contributed by atoms with Crippen LogP contribution in [0.3, 0.4) is 0 Å². The molecule has 0 saturated carbocycles. The fourth-order valence-corrected chi connectivity index (χ4v) is 4.60. The Hall–Kier alpha value is -7.08. The SMILES string of the molecule is C=Cc1ccc(C(=O)Nc2ccc(NC(=O)c3cc(C=C)ccc3C(=O)O)cc2NC(=O)c2ccc(C=C)cc2C(=O)O)c(C(=O)O)c1. The van der Waals surface area contributed by atoms with Crippen molar-refractivity contribution in [3.8, 4) is 0 Å². The van der Waals surface area contributed by atoms with E-state index in [1.54, 1.807) is 0 Å². The van der Waals surface area contributed by atoms with Crippen LogP contribution in [0.25, 0.3) is 18.2 Å². The van der Waals surface area contributed by atoms with Gasteiger partial charge in [0.05, 0.1) is 44.8 Å². The number of rotatable bonds is 12. The van der Waals surface area contributed by atoms with Crippen LogP contribution in [0.4, 0.5) is 17.1 Å². The fraction of sp³-hybridized carbons (Fsp3) is 0. The first-order valence-corrected chi connectivity index (χ1v) is 13.9. The van der Waals surface area contributed by atoms with Gasteiger partial charge in [0.2, 0.25) is 0 Å². The summed E-state index contributed by atoms with van der Waals surface area (Å²) >= 11 is 0. The van der Waals surface area contributed by atoms with Gasteiger partial charge in [-0.3, -0.25) is 14.4 Å². The second-order valence-electron chi connectivity index (χ2n) is 10.1. The lowest BCUT2D eigenvalue weighted by Crippen LogP contribution is -2.21. The van der Waals surface area contributed by atoms with Gasteiger partial charge < -0.3 is 31.3 Å². The molecule has 0 fully saturated rings. The Morgan fingerprint density at radius 3 is 1.27 bits per heavy atom. The van der Waals surface area contributed by atoms with Crippen LogP contribution in [0.15, 0.2) is 92.5 Å². The minimum atomic E-state index is -1.39. The Morgan fingerprint density at radius 2 is 0.833 bits per heavy atom. The van der Waals surface area contributed by atoms with Crippen molar-refractivity contribution < 1.29 is 44.1 Å². The molecule has 4 aromatic carbocycles. The van der Waals surface area contributed by atoms with Crippen molar-refractivity contribution in [3.63, 3.8) is 0 Å². The molecule has 3 amide bonds. The number of carboxylic acid groups (broad SMARTS) is 3. The highest BCUT2D eigenvalue weighted by molar-refractivity contribution is 6.16. The molecule has 0 aliphatic heterocycles. The molecular formula is C36H27N3O9. The van der Waals surface area contributed by atoms with Gasteiger partial charge in [0.15, 0.2) is 0 Å². The van der Waals surface area contributed by atoms with Gasteiger partial charge in [-0.2, -0.15) is 0 Å². The zero-order valence-corrected chi connectivity index (χ0v) is 25.1. The van der Waals surface area contributed by atoms with Crippen molar-refractivity contribution in [3.05, 3.63) is 143 Å². The normalized spacial score (nSPS) is 10.2. The summed E-state index contributed by atoms with van der Waals surface area (Å²) in [6, 6.07) is 16.0. The van der Waals surface area contributed by atoms with Crippen LogP contribution in [-0.4, -0.2) is 50.9 Å². The third-order valence-corrected chi connectivity index (χ3v) is 7.04. The molecule has 12 nitrogen and oxygen atoms in total. The molecule has 0 bridgehead atoms. The third kappa shape index (κ3) is 7.41. The van der Waals surface area contributed by atoms with Crippen LogP contribution >= 0.6 is 0 Å². The molecule has 48 heavy (non-hydrogen) atoms. The number of hydrogen-bond donors (Lipinski definition) is 6. The van der Waals surface area contributed by atoms with Crippen LogP contribution in [0.5, 0.6) is 0 Å². The number of benzene rings is 4. The van der Waals surface area contributed by atoms with Crippen molar-refractivity contribution >= 4 is 70.9 Å². The smallest absolute Gasteiger partial charge is 0.336 e. The molecule has 0 unspecified atom stereocenters. The van der Waals surface area contributed by atoms with Crippen LogP contribution < -0.4 is 16.0 Å². The Balaban J connectivity index is 1.77. The number of carbonyl (C=O) groups is 6. The van der Waals surface area contributed by atoms with Gasteiger partial charge in [0.1, 0.15) is 0 Å². The molecule has 0 aliphatic carbocycles. The number of carbonyl (C=O) groups excluding carboxylic acids is 3. The molecule has 0 radical (unpaired) electrons. The van der Waals surface area contributed by atoms with Crippen LogP contribution in [-0.2, 0) is 0 Å². The predicted molar refractivity (Wildman–Crippen MR) is 181 cm³/mol. The lowest BCUT2D eigenvalue weighted by atomic mass is 10.0. The zero-order valence-electron chi connectivity index (χ0n) is 25.1. The molecule has 0 atom stereocenters. The first-order chi connectivity index (χ1) is 22.9. The maximum Gasteiger partial charge on any atom is 0.336 e. The minimum Gasteiger partial charge on any atom is -0.478 e. The summed E-state index contributed by atoms with van der Waals surface area (Å²) in [5.74, 6) is -6.67. The summed E-state index contributed by atoms with van der Waals surface area (Å²) < 4.78 is 0. The van der Waals surface area contributed by atoms with E-state index >= 15 is 0 Å². The number of hydrogen-bond acceptors (Lipinski definition) is 6. The molecule has 0 spiro atoms. The van der Waals surface area contributed by atoms with Crippen LogP contribution in [0.2, 0.25) is 0 Å². The molecule has 12 heteroatoms. The average Bonchev–Trinajstić information content (AvgIpc) is 3.08. The average molecular weight is 646 g/mol. The number of anilines is 3. The molecule has 4 aromatic rings. The molecule has 0 heterocycles. The summed E-state index contributed by atoms with van der Waals surface area (Å²) in [4.78, 5) is 75.7. The second-order valence-corrected chi connectivity index (χ2v) is 10.1. The van der Waals surface area contributed by atoms with Gasteiger partial charge >= 0.3 is 17.9 Å². The van der Waals surface area contributed by atoms with Crippen molar-refractivity contribution in [2.24, 2.45) is 0 Å². The van der Waals surface area contributed by atoms with E-state index in [1.165, 1.54) is 91.0 Å². The topological polar surface area (TPSA) is 199 Å². The predicted octanol–water partition coefficient (Wildman–Crippen LogP) is 6.47. The molecule has 240 valence electrons. The lowest BCUT2D eigenvalue weighted by molar-refractivity contribution is 0.0683. The molecular weight excluding hydrogens is 618 g/mol. The lowest BCUT2D eigenvalue weighted by Gasteiger charge is -2.16. The maximum atomic E-state index is 13.4. The molecule has 0 aromatic heterocycles. The van der Waals surface area contributed by atoms with E-state index < -0.39 is 35.6 Å². The fourth-order valence-electron chi connectivity index (χ4n) is 4.60. The molecule has 6 N–H and O–H groups in total. The van der Waals surface area contributed by atoms with Crippen LogP contribution in [0, 0.1) is 0 Å². The number of aromatic carboxylic acids is 3.